The highest BCUT2D eigenvalue weighted by atomic mass is 17.2. The van der Waals surface area contributed by atoms with Crippen molar-refractivity contribution in [1.29, 1.82) is 0 Å². The molecule has 0 aliphatic carbocycles. The lowest BCUT2D eigenvalue weighted by Crippen LogP contribution is -2.22. The largest absolute Gasteiger partial charge is 0.379 e. The fourth-order valence-electron chi connectivity index (χ4n) is 1.00. The van der Waals surface area contributed by atoms with E-state index < -0.39 is 0 Å². The highest BCUT2D eigenvalue weighted by molar-refractivity contribution is 4.66. The van der Waals surface area contributed by atoms with E-state index in [4.69, 9.17) is 24.0 Å². The number of hydrogen-bond acceptors (Lipinski definition) is 6. The van der Waals surface area contributed by atoms with Crippen LogP contribution in [0.2, 0.25) is 0 Å². The van der Waals surface area contributed by atoms with Crippen LogP contribution in [-0.4, -0.2) is 52.1 Å². The van der Waals surface area contributed by atoms with Crippen molar-refractivity contribution in [2.24, 2.45) is 0 Å². The third-order valence-corrected chi connectivity index (χ3v) is 1.88. The van der Waals surface area contributed by atoms with E-state index in [1.807, 2.05) is 0 Å². The molecule has 0 aromatic carbocycles. The number of epoxide rings is 1. The van der Waals surface area contributed by atoms with Crippen LogP contribution in [0.5, 0.6) is 0 Å². The van der Waals surface area contributed by atoms with E-state index in [1.165, 1.54) is 14.2 Å². The first-order valence-electron chi connectivity index (χ1n) is 5.07. The summed E-state index contributed by atoms with van der Waals surface area (Å²) in [4.78, 5) is 14.5. The molecule has 1 atom stereocenters. The van der Waals surface area contributed by atoms with Gasteiger partial charge < -0.3 is 9.47 Å². The standard InChI is InChI=1S/C9H19NO5/c1-11-10(12-2)15-6-4-3-5-13-7-9-8-14-9/h9H,3-8H2,1-2H3. The Hall–Kier alpha value is -0.240. The van der Waals surface area contributed by atoms with Crippen molar-refractivity contribution in [3.8, 4) is 0 Å². The van der Waals surface area contributed by atoms with Crippen molar-refractivity contribution in [2.45, 2.75) is 18.9 Å². The third kappa shape index (κ3) is 6.77. The molecule has 0 bridgehead atoms. The molecule has 0 N–H and O–H groups in total. The molecule has 0 amide bonds. The third-order valence-electron chi connectivity index (χ3n) is 1.88. The molecule has 1 unspecified atom stereocenters. The molecule has 90 valence electrons. The monoisotopic (exact) mass is 221 g/mol. The summed E-state index contributed by atoms with van der Waals surface area (Å²) in [5, 5.41) is 0.971. The van der Waals surface area contributed by atoms with E-state index in [0.29, 0.717) is 19.3 Å². The van der Waals surface area contributed by atoms with Gasteiger partial charge in [0.2, 0.25) is 0 Å². The topological polar surface area (TPSA) is 52.7 Å². The van der Waals surface area contributed by atoms with E-state index >= 15 is 0 Å². The van der Waals surface area contributed by atoms with Crippen LogP contribution in [0.15, 0.2) is 0 Å². The van der Waals surface area contributed by atoms with Gasteiger partial charge in [-0.2, -0.15) is 0 Å². The summed E-state index contributed by atoms with van der Waals surface area (Å²) in [6, 6.07) is 0. The molecule has 1 aliphatic heterocycles. The van der Waals surface area contributed by atoms with Crippen molar-refractivity contribution < 1.29 is 24.0 Å². The summed E-state index contributed by atoms with van der Waals surface area (Å²) in [6.07, 6.45) is 2.20. The summed E-state index contributed by atoms with van der Waals surface area (Å²) in [7, 11) is 2.95. The molecule has 0 aromatic rings. The molecule has 0 radical (unpaired) electrons. The SMILES string of the molecule is CON(OC)OCCCCOCC1CO1. The molecule has 6 nitrogen and oxygen atoms in total. The van der Waals surface area contributed by atoms with Gasteiger partial charge in [-0.1, -0.05) is 0 Å². The molecule has 1 saturated heterocycles. The normalized spacial score (nSPS) is 19.8. The average Bonchev–Trinajstić information content (AvgIpc) is 3.06. The fraction of sp³-hybridized carbons (Fsp3) is 1.00. The summed E-state index contributed by atoms with van der Waals surface area (Å²) >= 11 is 0. The van der Waals surface area contributed by atoms with Gasteiger partial charge in [0.15, 0.2) is 0 Å². The molecule has 6 heteroatoms. The number of rotatable bonds is 10. The van der Waals surface area contributed by atoms with Gasteiger partial charge in [-0.15, -0.1) is 0 Å². The maximum atomic E-state index is 5.36. The number of unbranched alkanes of at least 4 members (excludes halogenated alkanes) is 1. The molecular formula is C9H19NO5. The molecule has 1 fully saturated rings. The second-order valence-corrected chi connectivity index (χ2v) is 3.16. The minimum atomic E-state index is 0.346. The summed E-state index contributed by atoms with van der Waals surface area (Å²) in [5.41, 5.74) is 0. The Balaban J connectivity index is 1.75. The predicted octanol–water partition coefficient (Wildman–Crippen LogP) is 0.538. The zero-order chi connectivity index (χ0) is 10.9. The highest BCUT2D eigenvalue weighted by Gasteiger charge is 2.21. The first kappa shape index (κ1) is 12.8. The van der Waals surface area contributed by atoms with E-state index in [9.17, 15) is 0 Å². The Bertz CT molecular complexity index is 149. The van der Waals surface area contributed by atoms with Crippen molar-refractivity contribution in [3.05, 3.63) is 0 Å². The van der Waals surface area contributed by atoms with E-state index in [1.54, 1.807) is 0 Å². The molecular weight excluding hydrogens is 202 g/mol. The summed E-state index contributed by atoms with van der Waals surface area (Å²) in [5.74, 6) is 0. The van der Waals surface area contributed by atoms with Crippen LogP contribution in [0.3, 0.4) is 0 Å². The maximum Gasteiger partial charge on any atom is 0.104 e. The van der Waals surface area contributed by atoms with Gasteiger partial charge in [-0.3, -0.25) is 14.5 Å². The predicted molar refractivity (Wildman–Crippen MR) is 51.6 cm³/mol. The summed E-state index contributed by atoms with van der Waals surface area (Å²) in [6.45, 7) is 2.84. The molecule has 0 aromatic heterocycles. The minimum absolute atomic E-state index is 0.346. The van der Waals surface area contributed by atoms with E-state index in [2.05, 4.69) is 0 Å². The Morgan fingerprint density at radius 2 is 1.87 bits per heavy atom. The first-order valence-corrected chi connectivity index (χ1v) is 5.07. The molecule has 15 heavy (non-hydrogen) atoms. The second-order valence-electron chi connectivity index (χ2n) is 3.16. The van der Waals surface area contributed by atoms with E-state index in [-0.39, 0.29) is 0 Å². The Labute approximate surface area is 89.8 Å². The van der Waals surface area contributed by atoms with Crippen LogP contribution >= 0.6 is 0 Å². The van der Waals surface area contributed by atoms with Crippen molar-refractivity contribution in [1.82, 2.24) is 5.39 Å². The zero-order valence-corrected chi connectivity index (χ0v) is 9.31. The summed E-state index contributed by atoms with van der Waals surface area (Å²) < 4.78 is 10.4. The minimum Gasteiger partial charge on any atom is -0.379 e. The first-order chi connectivity index (χ1) is 7.36. The Morgan fingerprint density at radius 1 is 1.20 bits per heavy atom. The van der Waals surface area contributed by atoms with Gasteiger partial charge in [-0.05, 0) is 12.8 Å². The van der Waals surface area contributed by atoms with Gasteiger partial charge in [0.1, 0.15) is 6.10 Å². The Kier molecular flexibility index (Phi) is 6.82. The van der Waals surface area contributed by atoms with Crippen LogP contribution in [0.1, 0.15) is 12.8 Å². The average molecular weight is 221 g/mol. The molecule has 0 spiro atoms. The smallest absolute Gasteiger partial charge is 0.104 e. The van der Waals surface area contributed by atoms with Gasteiger partial charge >= 0.3 is 0 Å². The lowest BCUT2D eigenvalue weighted by Gasteiger charge is -2.14. The molecule has 0 saturated carbocycles. The molecule has 1 heterocycles. The maximum absolute atomic E-state index is 5.36. The molecule has 1 rings (SSSR count). The van der Waals surface area contributed by atoms with Crippen LogP contribution < -0.4 is 0 Å². The van der Waals surface area contributed by atoms with Crippen LogP contribution in [-0.2, 0) is 24.0 Å². The van der Waals surface area contributed by atoms with Crippen LogP contribution in [0, 0.1) is 0 Å². The van der Waals surface area contributed by atoms with Crippen molar-refractivity contribution >= 4 is 0 Å². The highest BCUT2D eigenvalue weighted by Crippen LogP contribution is 2.08. The van der Waals surface area contributed by atoms with Gasteiger partial charge in [-0.25, -0.2) is 0 Å². The van der Waals surface area contributed by atoms with Crippen LogP contribution in [0.25, 0.3) is 0 Å². The van der Waals surface area contributed by atoms with Crippen molar-refractivity contribution in [3.63, 3.8) is 0 Å². The van der Waals surface area contributed by atoms with Gasteiger partial charge in [0, 0.05) is 6.61 Å². The number of ether oxygens (including phenoxy) is 2. The number of nitrogens with zero attached hydrogens (tertiary/aromatic N) is 1. The zero-order valence-electron chi connectivity index (χ0n) is 9.31. The van der Waals surface area contributed by atoms with Crippen molar-refractivity contribution in [2.75, 3.05) is 40.6 Å². The second kappa shape index (κ2) is 7.98. The quantitative estimate of drug-likeness (QED) is 0.305. The lowest BCUT2D eigenvalue weighted by atomic mass is 10.3. The van der Waals surface area contributed by atoms with E-state index in [0.717, 1.165) is 31.4 Å². The van der Waals surface area contributed by atoms with Gasteiger partial charge in [0.25, 0.3) is 0 Å². The number of hydrogen-bond donors (Lipinski definition) is 0. The van der Waals surface area contributed by atoms with Crippen LogP contribution in [0.4, 0.5) is 0 Å². The molecule has 1 aliphatic rings. The van der Waals surface area contributed by atoms with Gasteiger partial charge in [0.05, 0.1) is 39.4 Å². The lowest BCUT2D eigenvalue weighted by molar-refractivity contribution is -0.510. The Morgan fingerprint density at radius 3 is 2.47 bits per heavy atom. The fourth-order valence-corrected chi connectivity index (χ4v) is 1.00.